The molecule has 37 heavy (non-hydrogen) atoms. The fourth-order valence-electron chi connectivity index (χ4n) is 4.26. The first-order valence-corrected chi connectivity index (χ1v) is 13.9. The van der Waals surface area contributed by atoms with E-state index in [0.717, 1.165) is 36.8 Å². The molecule has 9 heteroatoms. The number of fused-ring (bicyclic) bond motifs is 1. The maximum atomic E-state index is 13.6. The van der Waals surface area contributed by atoms with Gasteiger partial charge in [0.1, 0.15) is 15.8 Å². The van der Waals surface area contributed by atoms with Crippen molar-refractivity contribution in [2.24, 2.45) is 0 Å². The second-order valence-corrected chi connectivity index (χ2v) is 10.8. The lowest BCUT2D eigenvalue weighted by molar-refractivity contribution is -0.122. The highest BCUT2D eigenvalue weighted by molar-refractivity contribution is 8.26. The van der Waals surface area contributed by atoms with Gasteiger partial charge in [-0.15, -0.1) is 0 Å². The van der Waals surface area contributed by atoms with Crippen LogP contribution in [0.15, 0.2) is 58.4 Å². The van der Waals surface area contributed by atoms with Crippen LogP contribution in [0.2, 0.25) is 0 Å². The number of pyridine rings is 1. The number of hydrogen-bond acceptors (Lipinski definition) is 7. The number of hydrogen-bond donors (Lipinski definition) is 2. The van der Waals surface area contributed by atoms with E-state index in [1.54, 1.807) is 23.2 Å². The highest BCUT2D eigenvalue weighted by Gasteiger charge is 2.32. The van der Waals surface area contributed by atoms with Crippen LogP contribution in [-0.2, 0) is 4.79 Å². The van der Waals surface area contributed by atoms with Gasteiger partial charge in [0, 0.05) is 19.3 Å². The van der Waals surface area contributed by atoms with E-state index in [4.69, 9.17) is 17.2 Å². The van der Waals surface area contributed by atoms with Crippen LogP contribution in [-0.4, -0.2) is 42.7 Å². The van der Waals surface area contributed by atoms with Crippen molar-refractivity contribution in [2.45, 2.75) is 52.1 Å². The SMILES string of the molecule is CCCCCCCN1C(=O)/C(=C/c2c(NC[C@H](O)c3ccccc3)nc3c(C)cccn3c2=O)SC1=S. The zero-order chi connectivity index (χ0) is 26.4. The summed E-state index contributed by atoms with van der Waals surface area (Å²) in [4.78, 5) is 33.5. The number of aryl methyl sites for hydroxylation is 1. The van der Waals surface area contributed by atoms with Gasteiger partial charge in [-0.1, -0.05) is 93.0 Å². The number of nitrogens with one attached hydrogen (secondary N) is 1. The van der Waals surface area contributed by atoms with E-state index in [2.05, 4.69) is 12.2 Å². The van der Waals surface area contributed by atoms with E-state index in [0.29, 0.717) is 27.2 Å². The molecular formula is C28H32N4O3S2. The van der Waals surface area contributed by atoms with Crippen LogP contribution >= 0.6 is 24.0 Å². The van der Waals surface area contributed by atoms with Gasteiger partial charge < -0.3 is 10.4 Å². The summed E-state index contributed by atoms with van der Waals surface area (Å²) in [6, 6.07) is 13.0. The van der Waals surface area contributed by atoms with Gasteiger partial charge >= 0.3 is 0 Å². The Labute approximate surface area is 226 Å². The van der Waals surface area contributed by atoms with Crippen molar-refractivity contribution in [1.29, 1.82) is 0 Å². The van der Waals surface area contributed by atoms with E-state index >= 15 is 0 Å². The molecular weight excluding hydrogens is 504 g/mol. The number of unbranched alkanes of at least 4 members (excludes halogenated alkanes) is 4. The quantitative estimate of drug-likeness (QED) is 0.195. The summed E-state index contributed by atoms with van der Waals surface area (Å²) in [7, 11) is 0. The number of benzene rings is 1. The number of thiocarbonyl (C=S) groups is 1. The smallest absolute Gasteiger partial charge is 0.267 e. The molecule has 1 aliphatic heterocycles. The number of anilines is 1. The normalized spacial score (nSPS) is 15.6. The average molecular weight is 537 g/mol. The van der Waals surface area contributed by atoms with Crippen molar-refractivity contribution < 1.29 is 9.90 Å². The Morgan fingerprint density at radius 1 is 1.11 bits per heavy atom. The first-order chi connectivity index (χ1) is 17.9. The van der Waals surface area contributed by atoms with Gasteiger partial charge in [0.25, 0.3) is 11.5 Å². The molecule has 0 saturated carbocycles. The highest BCUT2D eigenvalue weighted by Crippen LogP contribution is 2.33. The van der Waals surface area contributed by atoms with E-state index in [-0.39, 0.29) is 23.6 Å². The van der Waals surface area contributed by atoms with E-state index in [1.165, 1.54) is 22.6 Å². The molecule has 1 saturated heterocycles. The Kier molecular flexibility index (Phi) is 9.13. The number of aliphatic hydroxyl groups is 1. The lowest BCUT2D eigenvalue weighted by atomic mass is 10.1. The molecule has 7 nitrogen and oxygen atoms in total. The molecule has 1 amide bonds. The third kappa shape index (κ3) is 6.29. The molecule has 0 unspecified atom stereocenters. The van der Waals surface area contributed by atoms with Crippen LogP contribution in [0.3, 0.4) is 0 Å². The van der Waals surface area contributed by atoms with Gasteiger partial charge in [-0.05, 0) is 36.6 Å². The van der Waals surface area contributed by atoms with Crippen molar-refractivity contribution >= 4 is 51.7 Å². The van der Waals surface area contributed by atoms with Crippen LogP contribution in [0.25, 0.3) is 11.7 Å². The first-order valence-electron chi connectivity index (χ1n) is 12.6. The van der Waals surface area contributed by atoms with Gasteiger partial charge in [0.15, 0.2) is 0 Å². The molecule has 194 valence electrons. The Morgan fingerprint density at radius 2 is 1.86 bits per heavy atom. The minimum atomic E-state index is -0.794. The molecule has 2 N–H and O–H groups in total. The molecule has 1 fully saturated rings. The third-order valence-corrected chi connectivity index (χ3v) is 7.74. The Bertz CT molecular complexity index is 1370. The number of thioether (sulfide) groups is 1. The number of aromatic nitrogens is 2. The second kappa shape index (κ2) is 12.5. The standard InChI is InChI=1S/C28H32N4O3S2/c1-3-4-5-6-10-15-32-27(35)23(37-28(32)36)17-21-24(29-18-22(33)20-13-8-7-9-14-20)30-25-19(2)12-11-16-31(25)26(21)34/h7-9,11-14,16-17,22,29,33H,3-6,10,15,18H2,1-2H3/b23-17-/t22-/m0/s1. The van der Waals surface area contributed by atoms with Crippen molar-refractivity contribution in [2.75, 3.05) is 18.4 Å². The average Bonchev–Trinajstić information content (AvgIpc) is 3.17. The van der Waals surface area contributed by atoms with Crippen molar-refractivity contribution in [3.63, 3.8) is 0 Å². The molecule has 3 heterocycles. The van der Waals surface area contributed by atoms with Gasteiger partial charge in [0.05, 0.1) is 16.6 Å². The number of nitrogens with zero attached hydrogens (tertiary/aromatic N) is 3. The van der Waals surface area contributed by atoms with Crippen molar-refractivity contribution in [3.05, 3.63) is 80.6 Å². The molecule has 0 bridgehead atoms. The molecule has 0 aliphatic carbocycles. The number of rotatable bonds is 11. The summed E-state index contributed by atoms with van der Waals surface area (Å²) in [5.41, 5.74) is 2.07. The van der Waals surface area contributed by atoms with Gasteiger partial charge in [-0.2, -0.15) is 0 Å². The summed E-state index contributed by atoms with van der Waals surface area (Å²) in [6.45, 7) is 4.78. The Balaban J connectivity index is 1.63. The predicted molar refractivity (Wildman–Crippen MR) is 155 cm³/mol. The van der Waals surface area contributed by atoms with Gasteiger partial charge in [-0.25, -0.2) is 4.98 Å². The minimum absolute atomic E-state index is 0.151. The zero-order valence-corrected chi connectivity index (χ0v) is 22.8. The summed E-state index contributed by atoms with van der Waals surface area (Å²) in [5.74, 6) is 0.133. The zero-order valence-electron chi connectivity index (χ0n) is 21.1. The lowest BCUT2D eigenvalue weighted by Gasteiger charge is -2.16. The first kappa shape index (κ1) is 27.0. The van der Waals surface area contributed by atoms with E-state index in [1.807, 2.05) is 43.3 Å². The van der Waals surface area contributed by atoms with Crippen LogP contribution in [0, 0.1) is 6.92 Å². The molecule has 4 rings (SSSR count). The molecule has 0 radical (unpaired) electrons. The Morgan fingerprint density at radius 3 is 2.62 bits per heavy atom. The topological polar surface area (TPSA) is 86.9 Å². The van der Waals surface area contributed by atoms with Crippen LogP contribution in [0.4, 0.5) is 5.82 Å². The van der Waals surface area contributed by atoms with E-state index in [9.17, 15) is 14.7 Å². The summed E-state index contributed by atoms with van der Waals surface area (Å²) in [6.07, 6.45) is 7.89. The fourth-order valence-corrected chi connectivity index (χ4v) is 5.55. The number of amides is 1. The van der Waals surface area contributed by atoms with Crippen molar-refractivity contribution in [3.8, 4) is 0 Å². The monoisotopic (exact) mass is 536 g/mol. The van der Waals surface area contributed by atoms with Crippen LogP contribution < -0.4 is 10.9 Å². The molecule has 3 aromatic rings. The minimum Gasteiger partial charge on any atom is -0.387 e. The lowest BCUT2D eigenvalue weighted by Crippen LogP contribution is -2.29. The Hall–Kier alpha value is -3.01. The third-order valence-electron chi connectivity index (χ3n) is 6.37. The maximum Gasteiger partial charge on any atom is 0.267 e. The molecule has 0 spiro atoms. The fraction of sp³-hybridized carbons (Fsp3) is 0.357. The second-order valence-electron chi connectivity index (χ2n) is 9.12. The largest absolute Gasteiger partial charge is 0.387 e. The molecule has 1 atom stereocenters. The predicted octanol–water partition coefficient (Wildman–Crippen LogP) is 5.32. The maximum absolute atomic E-state index is 13.6. The van der Waals surface area contributed by atoms with Gasteiger partial charge in [-0.3, -0.25) is 18.9 Å². The number of carbonyl (C=O) groups is 1. The summed E-state index contributed by atoms with van der Waals surface area (Å²) >= 11 is 6.70. The van der Waals surface area contributed by atoms with Crippen molar-refractivity contribution in [1.82, 2.24) is 14.3 Å². The summed E-state index contributed by atoms with van der Waals surface area (Å²) < 4.78 is 1.99. The van der Waals surface area contributed by atoms with Crippen LogP contribution in [0.1, 0.15) is 61.8 Å². The number of aliphatic hydroxyl groups excluding tert-OH is 1. The molecule has 1 aromatic carbocycles. The number of carbonyl (C=O) groups excluding carboxylic acids is 1. The van der Waals surface area contributed by atoms with E-state index < -0.39 is 6.10 Å². The van der Waals surface area contributed by atoms with Crippen LogP contribution in [0.5, 0.6) is 0 Å². The highest BCUT2D eigenvalue weighted by atomic mass is 32.2. The summed E-state index contributed by atoms with van der Waals surface area (Å²) in [5, 5.41) is 13.8. The molecule has 2 aromatic heterocycles. The van der Waals surface area contributed by atoms with Gasteiger partial charge in [0.2, 0.25) is 0 Å². The molecule has 1 aliphatic rings.